The van der Waals surface area contributed by atoms with Crippen LogP contribution in [0.15, 0.2) is 4.34 Å². The molecule has 2 N–H and O–H groups in total. The van der Waals surface area contributed by atoms with Gasteiger partial charge in [-0.1, -0.05) is 29.5 Å². The van der Waals surface area contributed by atoms with E-state index >= 15 is 0 Å². The minimum Gasteiger partial charge on any atom is -0.328 e. The first-order valence-electron chi connectivity index (χ1n) is 4.87. The van der Waals surface area contributed by atoms with Gasteiger partial charge >= 0.3 is 0 Å². The Balaban J connectivity index is 2.04. The molecule has 1 heterocycles. The average Bonchev–Trinajstić information content (AvgIpc) is 2.50. The first-order chi connectivity index (χ1) is 6.68. The largest absolute Gasteiger partial charge is 0.328 e. The van der Waals surface area contributed by atoms with E-state index in [9.17, 15) is 0 Å². The van der Waals surface area contributed by atoms with Gasteiger partial charge in [0.15, 0.2) is 4.34 Å². The highest BCUT2D eigenvalue weighted by Crippen LogP contribution is 2.22. The predicted molar refractivity (Wildman–Crippen MR) is 62.9 cm³/mol. The molecule has 0 aliphatic rings. The van der Waals surface area contributed by atoms with Crippen LogP contribution in [0.25, 0.3) is 0 Å². The van der Waals surface area contributed by atoms with Crippen LogP contribution < -0.4 is 5.73 Å². The van der Waals surface area contributed by atoms with Crippen LogP contribution in [-0.4, -0.2) is 22.0 Å². The summed E-state index contributed by atoms with van der Waals surface area (Å²) in [6.45, 7) is 4.04. The third-order valence-corrected chi connectivity index (χ3v) is 3.85. The number of unbranched alkanes of at least 4 members (excludes halogenated alkanes) is 1. The third-order valence-electron chi connectivity index (χ3n) is 1.79. The van der Waals surface area contributed by atoms with Crippen molar-refractivity contribution in [3.63, 3.8) is 0 Å². The molecule has 0 aromatic carbocycles. The summed E-state index contributed by atoms with van der Waals surface area (Å²) in [5.74, 6) is 1.13. The first-order valence-corrected chi connectivity index (χ1v) is 6.67. The van der Waals surface area contributed by atoms with Crippen LogP contribution in [0.5, 0.6) is 0 Å². The Hall–Kier alpha value is -0.130. The van der Waals surface area contributed by atoms with Crippen molar-refractivity contribution in [1.82, 2.24) is 10.2 Å². The zero-order chi connectivity index (χ0) is 10.4. The van der Waals surface area contributed by atoms with Gasteiger partial charge < -0.3 is 5.73 Å². The highest BCUT2D eigenvalue weighted by atomic mass is 32.2. The number of aromatic nitrogens is 2. The van der Waals surface area contributed by atoms with E-state index in [1.165, 1.54) is 12.8 Å². The summed E-state index contributed by atoms with van der Waals surface area (Å²) >= 11 is 3.47. The summed E-state index contributed by atoms with van der Waals surface area (Å²) in [4.78, 5) is 0. The van der Waals surface area contributed by atoms with Crippen molar-refractivity contribution >= 4 is 23.1 Å². The molecule has 0 aliphatic heterocycles. The molecule has 0 fully saturated rings. The number of aryl methyl sites for hydroxylation is 1. The quantitative estimate of drug-likeness (QED) is 0.603. The predicted octanol–water partition coefficient (Wildman–Crippen LogP) is 2.46. The number of nitrogens with two attached hydrogens (primary N) is 1. The van der Waals surface area contributed by atoms with Crippen molar-refractivity contribution in [2.75, 3.05) is 5.75 Å². The molecule has 1 aromatic rings. The average molecular weight is 231 g/mol. The van der Waals surface area contributed by atoms with Crippen LogP contribution in [0.4, 0.5) is 0 Å². The number of hydrogen-bond donors (Lipinski definition) is 1. The van der Waals surface area contributed by atoms with Gasteiger partial charge in [0.25, 0.3) is 0 Å². The van der Waals surface area contributed by atoms with Crippen LogP contribution in [-0.2, 0) is 0 Å². The van der Waals surface area contributed by atoms with Crippen molar-refractivity contribution in [3.05, 3.63) is 5.01 Å². The molecule has 0 amide bonds. The van der Waals surface area contributed by atoms with E-state index in [2.05, 4.69) is 17.1 Å². The summed E-state index contributed by atoms with van der Waals surface area (Å²) in [5.41, 5.74) is 5.66. The molecule has 0 bridgehead atoms. The fourth-order valence-electron chi connectivity index (χ4n) is 1.06. The standard InChI is InChI=1S/C9H17N3S2/c1-7(10)5-3-4-6-13-9-12-11-8(2)14-9/h7H,3-6,10H2,1-2H3. The second kappa shape index (κ2) is 6.37. The van der Waals surface area contributed by atoms with Gasteiger partial charge in [-0.3, -0.25) is 0 Å². The van der Waals surface area contributed by atoms with Gasteiger partial charge in [0, 0.05) is 11.8 Å². The molecule has 80 valence electrons. The van der Waals surface area contributed by atoms with Gasteiger partial charge in [-0.05, 0) is 26.7 Å². The van der Waals surface area contributed by atoms with E-state index < -0.39 is 0 Å². The SMILES string of the molecule is Cc1nnc(SCCCCC(C)N)s1. The van der Waals surface area contributed by atoms with E-state index in [1.807, 2.05) is 6.92 Å². The van der Waals surface area contributed by atoms with Gasteiger partial charge in [0.2, 0.25) is 0 Å². The molecule has 0 radical (unpaired) electrons. The minimum absolute atomic E-state index is 0.337. The molecular formula is C9H17N3S2. The fourth-order valence-corrected chi connectivity index (χ4v) is 2.95. The van der Waals surface area contributed by atoms with Gasteiger partial charge in [-0.2, -0.15) is 0 Å². The Kier molecular flexibility index (Phi) is 5.44. The highest BCUT2D eigenvalue weighted by molar-refractivity contribution is 8.01. The number of hydrogen-bond acceptors (Lipinski definition) is 5. The molecule has 1 rings (SSSR count). The van der Waals surface area contributed by atoms with Crippen molar-refractivity contribution in [2.24, 2.45) is 5.73 Å². The molecule has 3 nitrogen and oxygen atoms in total. The van der Waals surface area contributed by atoms with Crippen molar-refractivity contribution in [2.45, 2.75) is 43.5 Å². The Bertz CT molecular complexity index is 260. The van der Waals surface area contributed by atoms with E-state index in [0.717, 1.165) is 21.5 Å². The highest BCUT2D eigenvalue weighted by Gasteiger charge is 2.00. The first kappa shape index (κ1) is 11.9. The van der Waals surface area contributed by atoms with Crippen LogP contribution in [0.2, 0.25) is 0 Å². The lowest BCUT2D eigenvalue weighted by atomic mass is 10.2. The summed E-state index contributed by atoms with van der Waals surface area (Å²) in [6, 6.07) is 0.337. The Morgan fingerprint density at radius 2 is 2.21 bits per heavy atom. The van der Waals surface area contributed by atoms with Crippen molar-refractivity contribution < 1.29 is 0 Å². The van der Waals surface area contributed by atoms with Gasteiger partial charge in [-0.25, -0.2) is 0 Å². The lowest BCUT2D eigenvalue weighted by molar-refractivity contribution is 0.618. The molecule has 14 heavy (non-hydrogen) atoms. The molecule has 1 unspecified atom stereocenters. The maximum atomic E-state index is 5.66. The van der Waals surface area contributed by atoms with E-state index in [4.69, 9.17) is 5.73 Å². The van der Waals surface area contributed by atoms with Gasteiger partial charge in [0.05, 0.1) is 0 Å². The molecule has 0 saturated heterocycles. The van der Waals surface area contributed by atoms with Crippen molar-refractivity contribution in [3.8, 4) is 0 Å². The maximum absolute atomic E-state index is 5.66. The molecule has 5 heteroatoms. The van der Waals surface area contributed by atoms with E-state index in [1.54, 1.807) is 23.1 Å². The smallest absolute Gasteiger partial charge is 0.174 e. The Labute approximate surface area is 93.5 Å². The zero-order valence-corrected chi connectivity index (χ0v) is 10.3. The Morgan fingerprint density at radius 1 is 1.43 bits per heavy atom. The lowest BCUT2D eigenvalue weighted by Gasteiger charge is -2.02. The minimum atomic E-state index is 0.337. The van der Waals surface area contributed by atoms with Gasteiger partial charge in [0.1, 0.15) is 5.01 Å². The summed E-state index contributed by atoms with van der Waals surface area (Å²) in [5, 5.41) is 9.07. The van der Waals surface area contributed by atoms with Crippen LogP contribution >= 0.6 is 23.1 Å². The molecule has 0 aliphatic carbocycles. The normalized spacial score (nSPS) is 13.1. The molecule has 1 aromatic heterocycles. The summed E-state index contributed by atoms with van der Waals surface area (Å²) in [7, 11) is 0. The molecule has 1 atom stereocenters. The molecule has 0 spiro atoms. The molecular weight excluding hydrogens is 214 g/mol. The molecule has 0 saturated carbocycles. The topological polar surface area (TPSA) is 51.8 Å². The summed E-state index contributed by atoms with van der Waals surface area (Å²) < 4.78 is 1.09. The number of rotatable bonds is 6. The maximum Gasteiger partial charge on any atom is 0.174 e. The summed E-state index contributed by atoms with van der Waals surface area (Å²) in [6.07, 6.45) is 3.54. The number of nitrogens with zero attached hydrogens (tertiary/aromatic N) is 2. The van der Waals surface area contributed by atoms with Crippen LogP contribution in [0.1, 0.15) is 31.2 Å². The van der Waals surface area contributed by atoms with E-state index in [0.29, 0.717) is 6.04 Å². The van der Waals surface area contributed by atoms with Crippen molar-refractivity contribution in [1.29, 1.82) is 0 Å². The number of thioether (sulfide) groups is 1. The lowest BCUT2D eigenvalue weighted by Crippen LogP contribution is -2.13. The monoisotopic (exact) mass is 231 g/mol. The van der Waals surface area contributed by atoms with Crippen LogP contribution in [0, 0.1) is 6.92 Å². The Morgan fingerprint density at radius 3 is 2.79 bits per heavy atom. The third kappa shape index (κ3) is 4.93. The van der Waals surface area contributed by atoms with Crippen LogP contribution in [0.3, 0.4) is 0 Å². The van der Waals surface area contributed by atoms with E-state index in [-0.39, 0.29) is 0 Å². The zero-order valence-electron chi connectivity index (χ0n) is 8.69. The fraction of sp³-hybridized carbons (Fsp3) is 0.778. The second-order valence-corrected chi connectivity index (χ2v) is 5.93. The second-order valence-electron chi connectivity index (χ2n) is 3.41. The van der Waals surface area contributed by atoms with Gasteiger partial charge in [-0.15, -0.1) is 10.2 Å².